The van der Waals surface area contributed by atoms with Crippen LogP contribution in [0.15, 0.2) is 42.6 Å². The highest BCUT2D eigenvalue weighted by atomic mass is 35.5. The quantitative estimate of drug-likeness (QED) is 0.808. The number of aromatic nitrogens is 1. The lowest BCUT2D eigenvalue weighted by Crippen LogP contribution is -2.59. The van der Waals surface area contributed by atoms with Gasteiger partial charge >= 0.3 is 6.03 Å². The molecule has 2 aromatic rings. The van der Waals surface area contributed by atoms with E-state index in [-0.39, 0.29) is 18.1 Å². The second kappa shape index (κ2) is 8.17. The Kier molecular flexibility index (Phi) is 5.90. The minimum atomic E-state index is -0.0709. The minimum absolute atomic E-state index is 0.0502. The van der Waals surface area contributed by atoms with Crippen molar-refractivity contribution in [2.24, 2.45) is 0 Å². The molecule has 3 rings (SSSR count). The second-order valence-electron chi connectivity index (χ2n) is 7.52. The molecule has 144 valence electrons. The van der Waals surface area contributed by atoms with Crippen molar-refractivity contribution >= 4 is 29.1 Å². The Labute approximate surface area is 166 Å². The molecule has 5 nitrogen and oxygen atoms in total. The molecule has 2 amide bonds. The third kappa shape index (κ3) is 4.35. The molecule has 0 bridgehead atoms. The van der Waals surface area contributed by atoms with Crippen LogP contribution in [0.3, 0.4) is 0 Å². The van der Waals surface area contributed by atoms with Gasteiger partial charge in [0.15, 0.2) is 0 Å². The van der Waals surface area contributed by atoms with Gasteiger partial charge in [-0.3, -0.25) is 0 Å². The van der Waals surface area contributed by atoms with Crippen LogP contribution >= 0.6 is 11.6 Å². The third-order valence-electron chi connectivity index (χ3n) is 5.09. The fourth-order valence-corrected chi connectivity index (χ4v) is 3.67. The van der Waals surface area contributed by atoms with Crippen LogP contribution in [0, 0.1) is 0 Å². The van der Waals surface area contributed by atoms with Crippen LogP contribution in [0.5, 0.6) is 0 Å². The van der Waals surface area contributed by atoms with Gasteiger partial charge in [0.1, 0.15) is 5.82 Å². The molecular weight excluding hydrogens is 360 g/mol. The fourth-order valence-electron chi connectivity index (χ4n) is 3.44. The molecule has 27 heavy (non-hydrogen) atoms. The second-order valence-corrected chi connectivity index (χ2v) is 7.93. The fraction of sp³-hybridized carbons (Fsp3) is 0.429. The number of rotatable bonds is 3. The SMILES string of the molecule is CC(C)c1ccc(NC(=O)N2CC(C)N(c3ncccc3Cl)CC2C)cc1. The van der Waals surface area contributed by atoms with Crippen LogP contribution in [0.4, 0.5) is 16.3 Å². The largest absolute Gasteiger partial charge is 0.349 e. The molecule has 2 heterocycles. The maximum absolute atomic E-state index is 12.8. The summed E-state index contributed by atoms with van der Waals surface area (Å²) in [5, 5.41) is 3.66. The number of nitrogens with zero attached hydrogens (tertiary/aromatic N) is 3. The molecule has 0 aliphatic carbocycles. The molecule has 1 aliphatic rings. The van der Waals surface area contributed by atoms with Crippen molar-refractivity contribution in [2.75, 3.05) is 23.3 Å². The van der Waals surface area contributed by atoms with Gasteiger partial charge in [-0.1, -0.05) is 37.6 Å². The first-order valence-corrected chi connectivity index (χ1v) is 9.79. The summed E-state index contributed by atoms with van der Waals surface area (Å²) in [5.41, 5.74) is 2.08. The van der Waals surface area contributed by atoms with E-state index in [4.69, 9.17) is 11.6 Å². The molecule has 1 saturated heterocycles. The van der Waals surface area contributed by atoms with E-state index in [1.807, 2.05) is 29.2 Å². The lowest BCUT2D eigenvalue weighted by molar-refractivity contribution is 0.173. The number of anilines is 2. The highest BCUT2D eigenvalue weighted by Gasteiger charge is 2.33. The average Bonchev–Trinajstić information content (AvgIpc) is 2.64. The Morgan fingerprint density at radius 2 is 1.85 bits per heavy atom. The van der Waals surface area contributed by atoms with E-state index in [1.54, 1.807) is 6.20 Å². The normalized spacial score (nSPS) is 20.1. The number of hydrogen-bond donors (Lipinski definition) is 1. The Morgan fingerprint density at radius 3 is 2.48 bits per heavy atom. The Morgan fingerprint density at radius 1 is 1.15 bits per heavy atom. The van der Waals surface area contributed by atoms with Gasteiger partial charge < -0.3 is 15.1 Å². The smallest absolute Gasteiger partial charge is 0.322 e. The molecule has 1 N–H and O–H groups in total. The standard InChI is InChI=1S/C21H27ClN4O/c1-14(2)17-7-9-18(10-8-17)24-21(27)26-13-15(3)25(12-16(26)4)20-19(22)6-5-11-23-20/h5-11,14-16H,12-13H2,1-4H3,(H,24,27). The van der Waals surface area contributed by atoms with Crippen LogP contribution < -0.4 is 10.2 Å². The molecular formula is C21H27ClN4O. The first kappa shape index (κ1) is 19.5. The van der Waals surface area contributed by atoms with Gasteiger partial charge in [0.2, 0.25) is 0 Å². The van der Waals surface area contributed by atoms with E-state index in [0.29, 0.717) is 24.0 Å². The lowest BCUT2D eigenvalue weighted by atomic mass is 10.0. The predicted molar refractivity (Wildman–Crippen MR) is 112 cm³/mol. The van der Waals surface area contributed by atoms with Crippen molar-refractivity contribution in [3.05, 3.63) is 53.2 Å². The molecule has 1 aromatic heterocycles. The summed E-state index contributed by atoms with van der Waals surface area (Å²) in [6, 6.07) is 11.8. The number of urea groups is 1. The van der Waals surface area contributed by atoms with Gasteiger partial charge in [-0.15, -0.1) is 0 Å². The molecule has 0 saturated carbocycles. The van der Waals surface area contributed by atoms with Crippen LogP contribution in [0.1, 0.15) is 39.2 Å². The number of carbonyl (C=O) groups excluding carboxylic acids is 1. The number of carbonyl (C=O) groups is 1. The third-order valence-corrected chi connectivity index (χ3v) is 5.38. The van der Waals surface area contributed by atoms with Crippen LogP contribution in [-0.2, 0) is 0 Å². The van der Waals surface area contributed by atoms with Gasteiger partial charge in [0.05, 0.1) is 5.02 Å². The number of pyridine rings is 1. The predicted octanol–water partition coefficient (Wildman–Crippen LogP) is 4.99. The summed E-state index contributed by atoms with van der Waals surface area (Å²) < 4.78 is 0. The zero-order valence-corrected chi connectivity index (χ0v) is 17.1. The summed E-state index contributed by atoms with van der Waals surface area (Å²) in [4.78, 5) is 21.3. The van der Waals surface area contributed by atoms with Crippen molar-refractivity contribution in [1.29, 1.82) is 0 Å². The first-order chi connectivity index (χ1) is 12.9. The monoisotopic (exact) mass is 386 g/mol. The van der Waals surface area contributed by atoms with Crippen LogP contribution in [0.2, 0.25) is 5.02 Å². The summed E-state index contributed by atoms with van der Waals surface area (Å²) >= 11 is 6.31. The number of amides is 2. The Bertz CT molecular complexity index is 793. The summed E-state index contributed by atoms with van der Waals surface area (Å²) in [6.07, 6.45) is 1.75. The molecule has 6 heteroatoms. The Hall–Kier alpha value is -2.27. The number of nitrogens with one attached hydrogen (secondary N) is 1. The number of piperazine rings is 1. The Balaban J connectivity index is 1.67. The highest BCUT2D eigenvalue weighted by Crippen LogP contribution is 2.28. The minimum Gasteiger partial charge on any atom is -0.349 e. The van der Waals surface area contributed by atoms with E-state index in [1.165, 1.54) is 5.56 Å². The zero-order valence-electron chi connectivity index (χ0n) is 16.3. The van der Waals surface area contributed by atoms with E-state index in [9.17, 15) is 4.79 Å². The first-order valence-electron chi connectivity index (χ1n) is 9.41. The molecule has 1 aromatic carbocycles. The number of hydrogen-bond acceptors (Lipinski definition) is 3. The van der Waals surface area contributed by atoms with Gasteiger partial charge in [0, 0.05) is 37.1 Å². The van der Waals surface area contributed by atoms with Crippen molar-refractivity contribution in [1.82, 2.24) is 9.88 Å². The molecule has 2 atom stereocenters. The summed E-state index contributed by atoms with van der Waals surface area (Å²) in [6.45, 7) is 9.77. The van der Waals surface area contributed by atoms with E-state index in [2.05, 4.69) is 55.0 Å². The van der Waals surface area contributed by atoms with E-state index >= 15 is 0 Å². The van der Waals surface area contributed by atoms with Crippen molar-refractivity contribution in [2.45, 2.75) is 45.7 Å². The van der Waals surface area contributed by atoms with E-state index in [0.717, 1.165) is 11.5 Å². The molecule has 0 radical (unpaired) electrons. The van der Waals surface area contributed by atoms with Crippen molar-refractivity contribution in [3.63, 3.8) is 0 Å². The van der Waals surface area contributed by atoms with Gasteiger partial charge in [-0.2, -0.15) is 0 Å². The molecule has 2 unspecified atom stereocenters. The summed E-state index contributed by atoms with van der Waals surface area (Å²) in [7, 11) is 0. The zero-order chi connectivity index (χ0) is 19.6. The maximum Gasteiger partial charge on any atom is 0.322 e. The average molecular weight is 387 g/mol. The van der Waals surface area contributed by atoms with Gasteiger partial charge in [-0.05, 0) is 49.6 Å². The molecule has 1 fully saturated rings. The number of benzene rings is 1. The lowest BCUT2D eigenvalue weighted by Gasteiger charge is -2.44. The van der Waals surface area contributed by atoms with Crippen LogP contribution in [-0.4, -0.2) is 41.1 Å². The highest BCUT2D eigenvalue weighted by molar-refractivity contribution is 6.32. The molecule has 0 spiro atoms. The number of halogens is 1. The summed E-state index contributed by atoms with van der Waals surface area (Å²) in [5.74, 6) is 1.25. The maximum atomic E-state index is 12.8. The topological polar surface area (TPSA) is 48.5 Å². The van der Waals surface area contributed by atoms with Gasteiger partial charge in [-0.25, -0.2) is 9.78 Å². The molecule has 1 aliphatic heterocycles. The van der Waals surface area contributed by atoms with E-state index < -0.39 is 0 Å². The van der Waals surface area contributed by atoms with Crippen molar-refractivity contribution < 1.29 is 4.79 Å². The van der Waals surface area contributed by atoms with Crippen LogP contribution in [0.25, 0.3) is 0 Å². The van der Waals surface area contributed by atoms with Crippen molar-refractivity contribution in [3.8, 4) is 0 Å². The van der Waals surface area contributed by atoms with Gasteiger partial charge in [0.25, 0.3) is 0 Å².